The van der Waals surface area contributed by atoms with Gasteiger partial charge in [-0.05, 0) is 80.0 Å². The number of esters is 1. The monoisotopic (exact) mass is 490 g/mol. The summed E-state index contributed by atoms with van der Waals surface area (Å²) in [4.78, 5) is 24.5. The van der Waals surface area contributed by atoms with Crippen LogP contribution in [-0.2, 0) is 15.9 Å². The SMILES string of the molecule is COC(=O)c1ccc(Cc2cn(C3CCCC3)c3ccc(NC(=O)OC4CCCC4)cc23)c(OC)c1. The van der Waals surface area contributed by atoms with Gasteiger partial charge in [0, 0.05) is 35.2 Å². The lowest BCUT2D eigenvalue weighted by atomic mass is 10.0. The largest absolute Gasteiger partial charge is 0.496 e. The predicted octanol–water partition coefficient (Wildman–Crippen LogP) is 6.63. The molecule has 7 nitrogen and oxygen atoms in total. The van der Waals surface area contributed by atoms with Crippen LogP contribution in [0.5, 0.6) is 5.75 Å². The first-order chi connectivity index (χ1) is 17.6. The van der Waals surface area contributed by atoms with E-state index in [-0.39, 0.29) is 6.10 Å². The van der Waals surface area contributed by atoms with Crippen molar-refractivity contribution in [2.24, 2.45) is 0 Å². The molecule has 1 aromatic heterocycles. The Morgan fingerprint density at radius 1 is 0.944 bits per heavy atom. The number of rotatable bonds is 7. The Balaban J connectivity index is 1.46. The van der Waals surface area contributed by atoms with E-state index in [0.29, 0.717) is 23.8 Å². The molecule has 0 aliphatic heterocycles. The number of fused-ring (bicyclic) bond motifs is 1. The summed E-state index contributed by atoms with van der Waals surface area (Å²) in [6.45, 7) is 0. The van der Waals surface area contributed by atoms with Crippen LogP contribution in [0, 0.1) is 0 Å². The van der Waals surface area contributed by atoms with Crippen molar-refractivity contribution in [3.63, 3.8) is 0 Å². The Morgan fingerprint density at radius 3 is 2.42 bits per heavy atom. The number of carbonyl (C=O) groups excluding carboxylic acids is 2. The maximum atomic E-state index is 12.5. The number of benzene rings is 2. The molecule has 2 aliphatic rings. The van der Waals surface area contributed by atoms with Gasteiger partial charge < -0.3 is 18.8 Å². The minimum absolute atomic E-state index is 0.0215. The number of carbonyl (C=O) groups is 2. The predicted molar refractivity (Wildman–Crippen MR) is 139 cm³/mol. The molecule has 0 saturated heterocycles. The molecule has 0 bridgehead atoms. The molecule has 190 valence electrons. The third-order valence-electron chi connectivity index (χ3n) is 7.55. The molecule has 0 radical (unpaired) electrons. The Hall–Kier alpha value is -3.48. The van der Waals surface area contributed by atoms with Gasteiger partial charge in [0.15, 0.2) is 0 Å². The van der Waals surface area contributed by atoms with E-state index in [1.807, 2.05) is 18.2 Å². The van der Waals surface area contributed by atoms with Crippen molar-refractivity contribution in [1.29, 1.82) is 0 Å². The fraction of sp³-hybridized carbons (Fsp3) is 0.448. The van der Waals surface area contributed by atoms with Crippen LogP contribution >= 0.6 is 0 Å². The average molecular weight is 491 g/mol. The zero-order valence-corrected chi connectivity index (χ0v) is 21.0. The molecule has 5 rings (SSSR count). The van der Waals surface area contributed by atoms with Gasteiger partial charge in [-0.25, -0.2) is 9.59 Å². The van der Waals surface area contributed by atoms with Crippen molar-refractivity contribution in [3.05, 3.63) is 59.3 Å². The molecular formula is C29H34N2O5. The summed E-state index contributed by atoms with van der Waals surface area (Å²) in [6, 6.07) is 12.0. The number of hydrogen-bond donors (Lipinski definition) is 1. The van der Waals surface area contributed by atoms with Crippen LogP contribution in [0.15, 0.2) is 42.6 Å². The summed E-state index contributed by atoms with van der Waals surface area (Å²) in [5, 5.41) is 4.03. The normalized spacial score (nSPS) is 16.4. The molecule has 2 aromatic carbocycles. The van der Waals surface area contributed by atoms with E-state index in [1.165, 1.54) is 32.8 Å². The molecule has 0 spiro atoms. The lowest BCUT2D eigenvalue weighted by Gasteiger charge is -2.14. The van der Waals surface area contributed by atoms with Crippen molar-refractivity contribution in [3.8, 4) is 5.75 Å². The minimum atomic E-state index is -0.391. The average Bonchev–Trinajstić information content (AvgIpc) is 3.66. The van der Waals surface area contributed by atoms with Gasteiger partial charge in [0.2, 0.25) is 0 Å². The zero-order chi connectivity index (χ0) is 25.1. The first-order valence-electron chi connectivity index (χ1n) is 12.9. The standard InChI is InChI=1S/C29H34N2O5/c1-34-27-16-20(28(32)35-2)12-11-19(27)15-21-18-31(23-7-3-4-8-23)26-14-13-22(17-25(21)26)30-29(33)36-24-9-5-6-10-24/h11-14,16-18,23-24H,3-10,15H2,1-2H3,(H,30,33). The van der Waals surface area contributed by atoms with Crippen molar-refractivity contribution in [2.45, 2.75) is 69.9 Å². The molecule has 0 atom stereocenters. The number of amides is 1. The van der Waals surface area contributed by atoms with E-state index < -0.39 is 12.1 Å². The Morgan fingerprint density at radius 2 is 1.69 bits per heavy atom. The van der Waals surface area contributed by atoms with Crippen LogP contribution in [0.2, 0.25) is 0 Å². The summed E-state index contributed by atoms with van der Waals surface area (Å²) >= 11 is 0. The second-order valence-corrected chi connectivity index (χ2v) is 9.86. The number of nitrogens with zero attached hydrogens (tertiary/aromatic N) is 1. The summed E-state index contributed by atoms with van der Waals surface area (Å²) < 4.78 is 18.5. The van der Waals surface area contributed by atoms with Crippen molar-refractivity contribution in [2.75, 3.05) is 19.5 Å². The highest BCUT2D eigenvalue weighted by Crippen LogP contribution is 2.37. The van der Waals surface area contributed by atoms with Crippen LogP contribution in [0.1, 0.15) is 78.9 Å². The fourth-order valence-corrected chi connectivity index (χ4v) is 5.67. The highest BCUT2D eigenvalue weighted by Gasteiger charge is 2.23. The maximum Gasteiger partial charge on any atom is 0.411 e. The summed E-state index contributed by atoms with van der Waals surface area (Å²) in [5.41, 5.74) is 4.47. The topological polar surface area (TPSA) is 78.8 Å². The van der Waals surface area contributed by atoms with Gasteiger partial charge in [-0.1, -0.05) is 18.9 Å². The van der Waals surface area contributed by atoms with Gasteiger partial charge in [-0.2, -0.15) is 0 Å². The Bertz CT molecular complexity index is 1250. The minimum Gasteiger partial charge on any atom is -0.496 e. The van der Waals surface area contributed by atoms with Gasteiger partial charge in [0.25, 0.3) is 0 Å². The molecule has 2 aliphatic carbocycles. The molecule has 1 N–H and O–H groups in total. The van der Waals surface area contributed by atoms with Crippen molar-refractivity contribution < 1.29 is 23.8 Å². The van der Waals surface area contributed by atoms with Gasteiger partial charge >= 0.3 is 12.1 Å². The van der Waals surface area contributed by atoms with E-state index in [9.17, 15) is 9.59 Å². The van der Waals surface area contributed by atoms with E-state index in [1.54, 1.807) is 19.2 Å². The zero-order valence-electron chi connectivity index (χ0n) is 21.0. The number of hydrogen-bond acceptors (Lipinski definition) is 5. The summed E-state index contributed by atoms with van der Waals surface area (Å²) in [6.07, 6.45) is 11.5. The van der Waals surface area contributed by atoms with E-state index in [0.717, 1.165) is 53.4 Å². The first kappa shape index (κ1) is 24.2. The second-order valence-electron chi connectivity index (χ2n) is 9.86. The van der Waals surface area contributed by atoms with Crippen LogP contribution in [0.4, 0.5) is 10.5 Å². The molecule has 7 heteroatoms. The first-order valence-corrected chi connectivity index (χ1v) is 12.9. The molecule has 2 fully saturated rings. The number of ether oxygens (including phenoxy) is 3. The van der Waals surface area contributed by atoms with Crippen LogP contribution in [0.25, 0.3) is 10.9 Å². The van der Waals surface area contributed by atoms with E-state index in [2.05, 4.69) is 22.1 Å². The van der Waals surface area contributed by atoms with Gasteiger partial charge in [0.05, 0.1) is 19.8 Å². The highest BCUT2D eigenvalue weighted by atomic mass is 16.6. The third kappa shape index (κ3) is 5.06. The van der Waals surface area contributed by atoms with E-state index >= 15 is 0 Å². The summed E-state index contributed by atoms with van der Waals surface area (Å²) in [7, 11) is 2.98. The third-order valence-corrected chi connectivity index (χ3v) is 7.55. The molecule has 0 unspecified atom stereocenters. The van der Waals surface area contributed by atoms with Crippen LogP contribution < -0.4 is 10.1 Å². The highest BCUT2D eigenvalue weighted by molar-refractivity contribution is 5.93. The summed E-state index contributed by atoms with van der Waals surface area (Å²) in [5.74, 6) is 0.256. The molecule has 36 heavy (non-hydrogen) atoms. The van der Waals surface area contributed by atoms with Crippen molar-refractivity contribution in [1.82, 2.24) is 4.57 Å². The Kier molecular flexibility index (Phi) is 7.16. The number of nitrogens with one attached hydrogen (secondary N) is 1. The lowest BCUT2D eigenvalue weighted by Crippen LogP contribution is -2.20. The number of methoxy groups -OCH3 is 2. The lowest BCUT2D eigenvalue weighted by molar-refractivity contribution is 0.0600. The second kappa shape index (κ2) is 10.6. The molecule has 3 aromatic rings. The molecule has 2 saturated carbocycles. The van der Waals surface area contributed by atoms with Crippen LogP contribution in [0.3, 0.4) is 0 Å². The van der Waals surface area contributed by atoms with Gasteiger partial charge in [-0.3, -0.25) is 5.32 Å². The van der Waals surface area contributed by atoms with Crippen LogP contribution in [-0.4, -0.2) is 37.0 Å². The maximum absolute atomic E-state index is 12.5. The Labute approximate surface area is 211 Å². The quantitative estimate of drug-likeness (QED) is 0.376. The van der Waals surface area contributed by atoms with Gasteiger partial charge in [-0.15, -0.1) is 0 Å². The number of aromatic nitrogens is 1. The fourth-order valence-electron chi connectivity index (χ4n) is 5.67. The van der Waals surface area contributed by atoms with E-state index in [4.69, 9.17) is 14.2 Å². The van der Waals surface area contributed by atoms with Gasteiger partial charge in [0.1, 0.15) is 11.9 Å². The number of anilines is 1. The molecular weight excluding hydrogens is 456 g/mol. The smallest absolute Gasteiger partial charge is 0.411 e. The van der Waals surface area contributed by atoms with Crippen molar-refractivity contribution >= 4 is 28.7 Å². The molecule has 1 heterocycles. The molecule has 1 amide bonds.